The van der Waals surface area contributed by atoms with E-state index in [0.717, 1.165) is 16.7 Å². The molecule has 1 aromatic heterocycles. The number of aliphatic hydroxyl groups is 6. The van der Waals surface area contributed by atoms with Gasteiger partial charge in [0.1, 0.15) is 24.2 Å². The van der Waals surface area contributed by atoms with Gasteiger partial charge < -0.3 is 64.2 Å². The molecule has 16 nitrogen and oxygen atoms in total. The predicted octanol–water partition coefficient (Wildman–Crippen LogP) is 4.57. The number of carbonyl (C=O) groups is 1. The van der Waals surface area contributed by atoms with E-state index >= 15 is 0 Å². The number of aromatic nitrogens is 1. The van der Waals surface area contributed by atoms with E-state index < -0.39 is 84.0 Å². The molecule has 2 saturated heterocycles. The van der Waals surface area contributed by atoms with Crippen LogP contribution in [0.1, 0.15) is 105 Å². The summed E-state index contributed by atoms with van der Waals surface area (Å²) in [5.41, 5.74) is 2.38. The third-order valence-electron chi connectivity index (χ3n) is 13.8. The highest BCUT2D eigenvalue weighted by atomic mass is 16.7. The Labute approximate surface area is 392 Å². The lowest BCUT2D eigenvalue weighted by atomic mass is 9.72. The summed E-state index contributed by atoms with van der Waals surface area (Å²) in [6, 6.07) is 1.44. The molecule has 15 atom stereocenters. The van der Waals surface area contributed by atoms with Crippen molar-refractivity contribution in [3.05, 3.63) is 71.0 Å². The first-order chi connectivity index (χ1) is 31.0. The van der Waals surface area contributed by atoms with E-state index in [9.17, 15) is 35.4 Å². The summed E-state index contributed by atoms with van der Waals surface area (Å²) in [6.07, 6.45) is 6.39. The van der Waals surface area contributed by atoms with Crippen molar-refractivity contribution in [1.29, 1.82) is 5.26 Å². The van der Waals surface area contributed by atoms with Crippen molar-refractivity contribution in [3.63, 3.8) is 0 Å². The van der Waals surface area contributed by atoms with Crippen LogP contribution in [0.5, 0.6) is 0 Å². The Hall–Kier alpha value is -3.57. The molecular formula is C50H80N4O12. The summed E-state index contributed by atoms with van der Waals surface area (Å²) in [5, 5.41) is 78.6. The number of allylic oxidation sites excluding steroid dienone is 7. The van der Waals surface area contributed by atoms with Gasteiger partial charge in [-0.15, -0.1) is 0 Å². The van der Waals surface area contributed by atoms with E-state index in [2.05, 4.69) is 10.3 Å². The highest BCUT2D eigenvalue weighted by Crippen LogP contribution is 2.55. The Balaban J connectivity index is 1.63. The summed E-state index contributed by atoms with van der Waals surface area (Å²) >= 11 is 0. The SMILES string of the molecule is COC[C@H]([C@@H](O)[C@@H](O)C(=O)NCC[C@@H](C)c1nc(/C=C/C[C@H]2O[C@@]3(C[C@H](O)[C@H]2C)O[C@H]([C@@H](C[C@@H](O)[C@@H](C)[C@@H](O)[C@@H](C)/C=C(C)/C(C)=C/C=C/C(C)=C\C#N)OC)[C@@H](O)C3(C)C)co1)N(C)C. The first kappa shape index (κ1) is 56.8. The van der Waals surface area contributed by atoms with E-state index in [0.29, 0.717) is 24.4 Å². The number of rotatable bonds is 24. The van der Waals surface area contributed by atoms with Gasteiger partial charge in [0.05, 0.1) is 55.3 Å². The number of hydrogen-bond donors (Lipinski definition) is 7. The maximum Gasteiger partial charge on any atom is 0.251 e. The topological polar surface area (TPSA) is 240 Å². The molecule has 3 heterocycles. The van der Waals surface area contributed by atoms with Crippen LogP contribution in [-0.2, 0) is 23.7 Å². The molecule has 0 unspecified atom stereocenters. The minimum absolute atomic E-state index is 0.0649. The van der Waals surface area contributed by atoms with Crippen LogP contribution in [0.25, 0.3) is 6.08 Å². The zero-order valence-corrected chi connectivity index (χ0v) is 41.4. The fourth-order valence-corrected chi connectivity index (χ4v) is 8.64. The van der Waals surface area contributed by atoms with E-state index in [4.69, 9.17) is 28.6 Å². The molecule has 0 saturated carbocycles. The lowest BCUT2D eigenvalue weighted by molar-refractivity contribution is -0.334. The number of nitriles is 1. The number of amides is 1. The van der Waals surface area contributed by atoms with Gasteiger partial charge in [-0.1, -0.05) is 77.5 Å². The molecule has 0 aliphatic carbocycles. The van der Waals surface area contributed by atoms with Crippen LogP contribution in [0, 0.1) is 34.5 Å². The average molecular weight is 929 g/mol. The second-order valence-electron chi connectivity index (χ2n) is 19.3. The molecule has 0 radical (unpaired) electrons. The van der Waals surface area contributed by atoms with Crippen molar-refractivity contribution in [2.75, 3.05) is 41.5 Å². The van der Waals surface area contributed by atoms with Gasteiger partial charge >= 0.3 is 0 Å². The number of aliphatic hydroxyl groups excluding tert-OH is 6. The van der Waals surface area contributed by atoms with E-state index in [1.54, 1.807) is 32.0 Å². The number of nitrogens with one attached hydrogen (secondary N) is 1. The molecule has 7 N–H and O–H groups in total. The van der Waals surface area contributed by atoms with Crippen molar-refractivity contribution in [2.45, 2.75) is 161 Å². The van der Waals surface area contributed by atoms with Crippen LogP contribution in [0.2, 0.25) is 0 Å². The molecule has 16 heteroatoms. The summed E-state index contributed by atoms with van der Waals surface area (Å²) < 4.78 is 30.2. The second kappa shape index (κ2) is 25.7. The average Bonchev–Trinajstić information content (AvgIpc) is 3.81. The normalized spacial score (nSPS) is 28.3. The minimum atomic E-state index is -1.63. The number of methoxy groups -OCH3 is 2. The third-order valence-corrected chi connectivity index (χ3v) is 13.8. The predicted molar refractivity (Wildman–Crippen MR) is 251 cm³/mol. The van der Waals surface area contributed by atoms with E-state index in [1.165, 1.54) is 26.6 Å². The zero-order chi connectivity index (χ0) is 49.7. The zero-order valence-electron chi connectivity index (χ0n) is 41.4. The smallest absolute Gasteiger partial charge is 0.251 e. The Kier molecular flexibility index (Phi) is 22.1. The Bertz CT molecular complexity index is 1890. The first-order valence-corrected chi connectivity index (χ1v) is 23.1. The van der Waals surface area contributed by atoms with Gasteiger partial charge in [-0.05, 0) is 64.9 Å². The van der Waals surface area contributed by atoms with Crippen molar-refractivity contribution >= 4 is 12.0 Å². The molecule has 1 amide bonds. The highest BCUT2D eigenvalue weighted by Gasteiger charge is 2.66. The van der Waals surface area contributed by atoms with Crippen LogP contribution >= 0.6 is 0 Å². The fourth-order valence-electron chi connectivity index (χ4n) is 8.64. The van der Waals surface area contributed by atoms with E-state index in [-0.39, 0.29) is 43.7 Å². The van der Waals surface area contributed by atoms with Crippen molar-refractivity contribution < 1.29 is 58.8 Å². The number of nitrogens with zero attached hydrogens (tertiary/aromatic N) is 3. The fraction of sp³-hybridized carbons (Fsp3) is 0.700. The quantitative estimate of drug-likeness (QED) is 0.0555. The molecule has 2 aliphatic heterocycles. The Morgan fingerprint density at radius 2 is 1.76 bits per heavy atom. The molecule has 2 fully saturated rings. The molecule has 3 rings (SSSR count). The molecule has 2 aliphatic rings. The number of ether oxygens (including phenoxy) is 4. The summed E-state index contributed by atoms with van der Waals surface area (Å²) in [4.78, 5) is 18.9. The summed E-state index contributed by atoms with van der Waals surface area (Å²) in [7, 11) is 6.43. The molecule has 66 heavy (non-hydrogen) atoms. The van der Waals surface area contributed by atoms with E-state index in [1.807, 2.05) is 91.8 Å². The maximum atomic E-state index is 12.6. The molecular weight excluding hydrogens is 849 g/mol. The van der Waals surface area contributed by atoms with Gasteiger partial charge in [-0.25, -0.2) is 4.98 Å². The van der Waals surface area contributed by atoms with Crippen molar-refractivity contribution in [3.8, 4) is 6.07 Å². The lowest BCUT2D eigenvalue weighted by Gasteiger charge is -2.49. The first-order valence-electron chi connectivity index (χ1n) is 23.1. The van der Waals surface area contributed by atoms with Gasteiger partial charge in [-0.3, -0.25) is 4.79 Å². The van der Waals surface area contributed by atoms with Gasteiger partial charge in [0.25, 0.3) is 5.91 Å². The van der Waals surface area contributed by atoms with Crippen LogP contribution < -0.4 is 5.32 Å². The number of oxazole rings is 1. The van der Waals surface area contributed by atoms with Crippen molar-refractivity contribution in [1.82, 2.24) is 15.2 Å². The minimum Gasteiger partial charge on any atom is -0.448 e. The number of hydrogen-bond acceptors (Lipinski definition) is 15. The lowest BCUT2D eigenvalue weighted by Crippen LogP contribution is -2.58. The van der Waals surface area contributed by atoms with Crippen LogP contribution in [0.3, 0.4) is 0 Å². The number of likely N-dealkylation sites (N-methyl/N-ethyl adjacent to an activating group) is 1. The Morgan fingerprint density at radius 3 is 2.38 bits per heavy atom. The molecule has 1 aromatic rings. The monoisotopic (exact) mass is 929 g/mol. The number of carbonyl (C=O) groups excluding carboxylic acids is 1. The maximum absolute atomic E-state index is 12.6. The van der Waals surface area contributed by atoms with Crippen LogP contribution in [-0.4, -0.2) is 155 Å². The summed E-state index contributed by atoms with van der Waals surface area (Å²) in [6.45, 7) is 17.3. The largest absolute Gasteiger partial charge is 0.448 e. The standard InChI is InChI=1S/C50H80N4O12/c1-29(20-22-51)16-14-17-30(2)32(4)24-33(5)42(57)35(7)38(55)25-41(63-13)45-46(60)49(8,9)50(66-45)26-39(56)34(6)40(65-50)19-15-18-36-27-64-48(53-36)31(3)21-23-52-47(61)44(59)43(58)37(28-62-12)54(10)11/h14-18,20,24,27,31,33-35,37-46,55-60H,19,21,23,25-26,28H2,1-13H3,(H,52,61)/b16-14+,18-15+,29-20-,30-17+,32-24+/t31-,33+,34-,35-,37-,38-,39+,40-,41-,42+,43-,44-,45-,46-,50+/m1/s1. The van der Waals surface area contributed by atoms with Gasteiger partial charge in [0, 0.05) is 68.8 Å². The molecule has 372 valence electrons. The third kappa shape index (κ3) is 14.5. The summed E-state index contributed by atoms with van der Waals surface area (Å²) in [5.74, 6) is -2.91. The molecule has 0 aromatic carbocycles. The second-order valence-corrected chi connectivity index (χ2v) is 19.3. The van der Waals surface area contributed by atoms with Crippen LogP contribution in [0.4, 0.5) is 0 Å². The highest BCUT2D eigenvalue weighted by molar-refractivity contribution is 5.81. The molecule has 1 spiro atoms. The van der Waals surface area contributed by atoms with Crippen LogP contribution in [0.15, 0.2) is 63.9 Å². The molecule has 0 bridgehead atoms. The van der Waals surface area contributed by atoms with Crippen molar-refractivity contribution in [2.24, 2.45) is 23.2 Å². The Morgan fingerprint density at radius 1 is 1.08 bits per heavy atom. The van der Waals surface area contributed by atoms with Gasteiger partial charge in [0.15, 0.2) is 17.8 Å². The van der Waals surface area contributed by atoms with Gasteiger partial charge in [-0.2, -0.15) is 5.26 Å². The van der Waals surface area contributed by atoms with Gasteiger partial charge in [0.2, 0.25) is 0 Å².